The van der Waals surface area contributed by atoms with E-state index in [0.717, 1.165) is 30.4 Å². The predicted molar refractivity (Wildman–Crippen MR) is 90.1 cm³/mol. The largest absolute Gasteiger partial charge is 0.508 e. The van der Waals surface area contributed by atoms with E-state index in [9.17, 15) is 9.90 Å². The van der Waals surface area contributed by atoms with E-state index in [2.05, 4.69) is 27.4 Å². The lowest BCUT2D eigenvalue weighted by atomic mass is 9.49. The third-order valence-corrected chi connectivity index (χ3v) is 6.45. The van der Waals surface area contributed by atoms with Gasteiger partial charge in [-0.25, -0.2) is 0 Å². The standard InChI is InChI=1S/C20H26O2/c1-6-13-12(2)16(21)11-15-14(13)7-8-17-19(3,4)18(22)9-10-20(15,17)5/h6,11,17,21H,1,7-10H2,2-5H3. The highest BCUT2D eigenvalue weighted by Gasteiger charge is 2.53. The lowest BCUT2D eigenvalue weighted by Gasteiger charge is -2.53. The first kappa shape index (κ1) is 15.3. The number of carbonyl (C=O) groups is 1. The summed E-state index contributed by atoms with van der Waals surface area (Å²) in [6.07, 6.45) is 5.39. The Hall–Kier alpha value is -1.57. The second-order valence-corrected chi connectivity index (χ2v) is 7.82. The number of hydrogen-bond acceptors (Lipinski definition) is 2. The summed E-state index contributed by atoms with van der Waals surface area (Å²) in [5.74, 6) is 1.08. The van der Waals surface area contributed by atoms with Crippen molar-refractivity contribution in [1.29, 1.82) is 0 Å². The van der Waals surface area contributed by atoms with E-state index < -0.39 is 0 Å². The molecule has 0 aromatic heterocycles. The Bertz CT molecular complexity index is 669. The van der Waals surface area contributed by atoms with Crippen molar-refractivity contribution in [3.05, 3.63) is 34.9 Å². The van der Waals surface area contributed by atoms with Crippen molar-refractivity contribution in [2.24, 2.45) is 11.3 Å². The van der Waals surface area contributed by atoms with Crippen LogP contribution in [0.5, 0.6) is 5.75 Å². The molecule has 2 unspecified atom stereocenters. The Kier molecular flexibility index (Phi) is 3.28. The number of carbonyl (C=O) groups excluding carboxylic acids is 1. The molecule has 1 saturated carbocycles. The maximum Gasteiger partial charge on any atom is 0.138 e. The molecule has 2 aliphatic carbocycles. The number of phenolic OH excluding ortho intramolecular Hbond substituents is 1. The van der Waals surface area contributed by atoms with Crippen molar-refractivity contribution < 1.29 is 9.90 Å². The summed E-state index contributed by atoms with van der Waals surface area (Å²) in [5, 5.41) is 10.4. The summed E-state index contributed by atoms with van der Waals surface area (Å²) in [7, 11) is 0. The Labute approximate surface area is 133 Å². The fourth-order valence-corrected chi connectivity index (χ4v) is 5.05. The Morgan fingerprint density at radius 3 is 2.64 bits per heavy atom. The highest BCUT2D eigenvalue weighted by atomic mass is 16.3. The minimum absolute atomic E-state index is 0.0338. The second-order valence-electron chi connectivity index (χ2n) is 7.82. The van der Waals surface area contributed by atoms with E-state index in [1.165, 1.54) is 11.1 Å². The number of aromatic hydroxyl groups is 1. The van der Waals surface area contributed by atoms with Gasteiger partial charge in [0.05, 0.1) is 0 Å². The molecule has 1 fully saturated rings. The molecule has 0 amide bonds. The predicted octanol–water partition coefficient (Wildman–Crippen LogP) is 4.55. The van der Waals surface area contributed by atoms with Gasteiger partial charge in [-0.2, -0.15) is 0 Å². The number of fused-ring (bicyclic) bond motifs is 3. The zero-order valence-electron chi connectivity index (χ0n) is 14.1. The van der Waals surface area contributed by atoms with Crippen LogP contribution in [0.15, 0.2) is 12.6 Å². The van der Waals surface area contributed by atoms with E-state index in [-0.39, 0.29) is 10.8 Å². The summed E-state index contributed by atoms with van der Waals surface area (Å²) in [5.41, 5.74) is 4.26. The van der Waals surface area contributed by atoms with Crippen LogP contribution in [0.3, 0.4) is 0 Å². The maximum absolute atomic E-state index is 12.4. The summed E-state index contributed by atoms with van der Waals surface area (Å²) in [6.45, 7) is 12.4. The van der Waals surface area contributed by atoms with Gasteiger partial charge in [-0.15, -0.1) is 0 Å². The molecule has 0 saturated heterocycles. The number of benzene rings is 1. The van der Waals surface area contributed by atoms with Gasteiger partial charge in [0.1, 0.15) is 11.5 Å². The summed E-state index contributed by atoms with van der Waals surface area (Å²) < 4.78 is 0. The fourth-order valence-electron chi connectivity index (χ4n) is 5.05. The number of ketones is 1. The van der Waals surface area contributed by atoms with Crippen molar-refractivity contribution >= 4 is 11.9 Å². The molecule has 0 bridgehead atoms. The molecule has 0 radical (unpaired) electrons. The van der Waals surface area contributed by atoms with Crippen LogP contribution in [0, 0.1) is 18.3 Å². The monoisotopic (exact) mass is 298 g/mol. The first-order valence-electron chi connectivity index (χ1n) is 8.25. The van der Waals surface area contributed by atoms with Crippen LogP contribution >= 0.6 is 0 Å². The van der Waals surface area contributed by atoms with Crippen molar-refractivity contribution in [2.75, 3.05) is 0 Å². The zero-order valence-corrected chi connectivity index (χ0v) is 14.1. The van der Waals surface area contributed by atoms with Gasteiger partial charge >= 0.3 is 0 Å². The minimum atomic E-state index is -0.278. The van der Waals surface area contributed by atoms with Crippen LogP contribution in [0.2, 0.25) is 0 Å². The van der Waals surface area contributed by atoms with Crippen LogP contribution < -0.4 is 0 Å². The number of rotatable bonds is 1. The van der Waals surface area contributed by atoms with Crippen molar-refractivity contribution in [1.82, 2.24) is 0 Å². The average molecular weight is 298 g/mol. The van der Waals surface area contributed by atoms with E-state index >= 15 is 0 Å². The van der Waals surface area contributed by atoms with Crippen LogP contribution in [0.4, 0.5) is 0 Å². The van der Waals surface area contributed by atoms with Gasteiger partial charge in [-0.3, -0.25) is 4.79 Å². The molecule has 1 N–H and O–H groups in total. The van der Waals surface area contributed by atoms with Crippen LogP contribution in [-0.2, 0) is 16.6 Å². The van der Waals surface area contributed by atoms with Gasteiger partial charge in [0, 0.05) is 11.8 Å². The van der Waals surface area contributed by atoms with Crippen molar-refractivity contribution in [2.45, 2.75) is 58.8 Å². The second kappa shape index (κ2) is 4.71. The topological polar surface area (TPSA) is 37.3 Å². The Morgan fingerprint density at radius 2 is 2.00 bits per heavy atom. The number of Topliss-reactive ketones (excluding diaryl/α,β-unsaturated/α-hetero) is 1. The van der Waals surface area contributed by atoms with Gasteiger partial charge in [0.15, 0.2) is 0 Å². The average Bonchev–Trinajstić information content (AvgIpc) is 2.46. The minimum Gasteiger partial charge on any atom is -0.508 e. The molecule has 3 rings (SSSR count). The van der Waals surface area contributed by atoms with Gasteiger partial charge < -0.3 is 5.11 Å². The van der Waals surface area contributed by atoms with E-state index in [1.54, 1.807) is 0 Å². The molecule has 118 valence electrons. The summed E-state index contributed by atoms with van der Waals surface area (Å²) in [4.78, 5) is 12.4. The van der Waals surface area contributed by atoms with Gasteiger partial charge in [0.25, 0.3) is 0 Å². The summed E-state index contributed by atoms with van der Waals surface area (Å²) >= 11 is 0. The molecule has 0 heterocycles. The molecule has 2 aliphatic rings. The molecule has 1 aromatic rings. The number of phenols is 1. The maximum atomic E-state index is 12.4. The van der Waals surface area contributed by atoms with Crippen LogP contribution in [0.1, 0.15) is 62.3 Å². The highest BCUT2D eigenvalue weighted by molar-refractivity contribution is 5.86. The molecule has 2 atom stereocenters. The van der Waals surface area contributed by atoms with E-state index in [1.807, 2.05) is 19.1 Å². The van der Waals surface area contributed by atoms with Crippen molar-refractivity contribution in [3.8, 4) is 5.75 Å². The zero-order chi connectivity index (χ0) is 16.3. The number of hydrogen-bond donors (Lipinski definition) is 1. The quantitative estimate of drug-likeness (QED) is 0.825. The smallest absolute Gasteiger partial charge is 0.138 e. The third-order valence-electron chi connectivity index (χ3n) is 6.45. The molecular formula is C20H26O2. The molecule has 0 aliphatic heterocycles. The molecule has 22 heavy (non-hydrogen) atoms. The molecule has 2 heteroatoms. The molecule has 1 aromatic carbocycles. The summed E-state index contributed by atoms with van der Waals surface area (Å²) in [6, 6.07) is 1.95. The normalized spacial score (nSPS) is 29.6. The van der Waals surface area contributed by atoms with Gasteiger partial charge in [-0.1, -0.05) is 33.4 Å². The van der Waals surface area contributed by atoms with Gasteiger partial charge in [0.2, 0.25) is 0 Å². The highest BCUT2D eigenvalue weighted by Crippen LogP contribution is 2.57. The van der Waals surface area contributed by atoms with Gasteiger partial charge in [-0.05, 0) is 65.8 Å². The first-order valence-corrected chi connectivity index (χ1v) is 8.25. The van der Waals surface area contributed by atoms with E-state index in [0.29, 0.717) is 23.9 Å². The molecular weight excluding hydrogens is 272 g/mol. The van der Waals surface area contributed by atoms with Crippen molar-refractivity contribution in [3.63, 3.8) is 0 Å². The van der Waals surface area contributed by atoms with Crippen LogP contribution in [0.25, 0.3) is 6.08 Å². The SMILES string of the molecule is C=Cc1c(C)c(O)cc2c1CCC1C(C)(C)C(=O)CCC21C. The lowest BCUT2D eigenvalue weighted by Crippen LogP contribution is -2.52. The lowest BCUT2D eigenvalue weighted by molar-refractivity contribution is -0.137. The fraction of sp³-hybridized carbons (Fsp3) is 0.550. The van der Waals surface area contributed by atoms with Crippen LogP contribution in [-0.4, -0.2) is 10.9 Å². The Balaban J connectivity index is 2.24. The molecule has 2 nitrogen and oxygen atoms in total. The Morgan fingerprint density at radius 1 is 1.32 bits per heavy atom. The third kappa shape index (κ3) is 1.82. The molecule has 0 spiro atoms. The first-order chi connectivity index (χ1) is 10.2. The van der Waals surface area contributed by atoms with E-state index in [4.69, 9.17) is 0 Å².